The Labute approximate surface area is 294 Å². The maximum absolute atomic E-state index is 6.53. The zero-order valence-electron chi connectivity index (χ0n) is 27.7. The van der Waals surface area contributed by atoms with Crippen LogP contribution in [0.2, 0.25) is 0 Å². The van der Waals surface area contributed by atoms with Crippen LogP contribution in [-0.4, -0.2) is 0 Å². The van der Waals surface area contributed by atoms with Crippen molar-refractivity contribution in [2.45, 2.75) is 0 Å². The first-order valence-corrected chi connectivity index (χ1v) is 17.6. The number of rotatable bonds is 3. The average Bonchev–Trinajstić information content (AvgIpc) is 3.57. The van der Waals surface area contributed by atoms with Crippen molar-refractivity contribution in [3.63, 3.8) is 0 Å². The van der Waals surface area contributed by atoms with E-state index >= 15 is 0 Å². The first-order chi connectivity index (χ1) is 25.2. The molecule has 0 bridgehead atoms. The summed E-state index contributed by atoms with van der Waals surface area (Å²) in [6.45, 7) is 0. The lowest BCUT2D eigenvalue weighted by Gasteiger charge is -2.14. The molecule has 0 aliphatic heterocycles. The summed E-state index contributed by atoms with van der Waals surface area (Å²) in [7, 11) is 0. The molecule has 1 heterocycles. The van der Waals surface area contributed by atoms with Gasteiger partial charge >= 0.3 is 0 Å². The Kier molecular flexibility index (Phi) is 6.02. The molecule has 0 atom stereocenters. The van der Waals surface area contributed by atoms with Crippen LogP contribution in [0.1, 0.15) is 0 Å². The topological polar surface area (TPSA) is 13.1 Å². The average molecular weight is 647 g/mol. The molecule has 0 N–H and O–H groups in total. The molecule has 0 spiro atoms. The van der Waals surface area contributed by atoms with Gasteiger partial charge in [-0.25, -0.2) is 0 Å². The Morgan fingerprint density at radius 2 is 0.725 bits per heavy atom. The van der Waals surface area contributed by atoms with Crippen molar-refractivity contribution >= 4 is 75.8 Å². The Balaban J connectivity index is 0.987. The molecule has 0 unspecified atom stereocenters. The zero-order chi connectivity index (χ0) is 33.5. The Morgan fingerprint density at radius 1 is 0.235 bits per heavy atom. The molecule has 1 nitrogen and oxygen atoms in total. The quantitative estimate of drug-likeness (QED) is 0.174. The minimum absolute atomic E-state index is 0.906. The van der Waals surface area contributed by atoms with E-state index in [4.69, 9.17) is 4.42 Å². The smallest absolute Gasteiger partial charge is 0.136 e. The summed E-state index contributed by atoms with van der Waals surface area (Å²) in [4.78, 5) is 0. The van der Waals surface area contributed by atoms with Crippen LogP contribution in [-0.2, 0) is 0 Å². The van der Waals surface area contributed by atoms with E-state index in [0.29, 0.717) is 0 Å². The normalized spacial score (nSPS) is 11.9. The maximum Gasteiger partial charge on any atom is 0.136 e. The third kappa shape index (κ3) is 4.42. The molecular formula is C50H30O. The van der Waals surface area contributed by atoms with E-state index in [1.807, 2.05) is 0 Å². The molecule has 236 valence electrons. The summed E-state index contributed by atoms with van der Waals surface area (Å²) in [6.07, 6.45) is 0. The van der Waals surface area contributed by atoms with Crippen molar-refractivity contribution in [1.29, 1.82) is 0 Å². The molecule has 0 aliphatic rings. The van der Waals surface area contributed by atoms with E-state index in [9.17, 15) is 0 Å². The molecule has 0 saturated heterocycles. The molecule has 0 fully saturated rings. The highest BCUT2D eigenvalue weighted by atomic mass is 16.3. The number of hydrogen-bond donors (Lipinski definition) is 0. The Bertz CT molecular complexity index is 3190. The summed E-state index contributed by atoms with van der Waals surface area (Å²) < 4.78 is 6.53. The molecule has 0 aliphatic carbocycles. The predicted octanol–water partition coefficient (Wildman–Crippen LogP) is 14.4. The second kappa shape index (κ2) is 10.9. The predicted molar refractivity (Wildman–Crippen MR) is 218 cm³/mol. The molecule has 11 aromatic rings. The fourth-order valence-corrected chi connectivity index (χ4v) is 8.29. The third-order valence-electron chi connectivity index (χ3n) is 10.8. The van der Waals surface area contributed by atoms with Crippen molar-refractivity contribution in [3.05, 3.63) is 182 Å². The van der Waals surface area contributed by atoms with E-state index in [1.165, 1.54) is 76.1 Å². The number of benzene rings is 10. The molecular weight excluding hydrogens is 617 g/mol. The van der Waals surface area contributed by atoms with Gasteiger partial charge in [-0.2, -0.15) is 0 Å². The lowest BCUT2D eigenvalue weighted by molar-refractivity contribution is 0.669. The van der Waals surface area contributed by atoms with Gasteiger partial charge in [0.1, 0.15) is 11.2 Å². The summed E-state index contributed by atoms with van der Waals surface area (Å²) in [5.74, 6) is 0. The van der Waals surface area contributed by atoms with Crippen LogP contribution in [0.3, 0.4) is 0 Å². The molecule has 0 saturated carbocycles. The maximum atomic E-state index is 6.53. The molecule has 0 amide bonds. The monoisotopic (exact) mass is 646 g/mol. The number of fused-ring (bicyclic) bond motifs is 10. The Hall–Kier alpha value is -6.70. The van der Waals surface area contributed by atoms with Crippen LogP contribution in [0.5, 0.6) is 0 Å². The van der Waals surface area contributed by atoms with Gasteiger partial charge in [-0.15, -0.1) is 0 Å². The fourth-order valence-electron chi connectivity index (χ4n) is 8.29. The second-order valence-corrected chi connectivity index (χ2v) is 13.7. The molecule has 0 radical (unpaired) electrons. The van der Waals surface area contributed by atoms with Crippen molar-refractivity contribution < 1.29 is 4.42 Å². The molecule has 10 aromatic carbocycles. The minimum Gasteiger partial charge on any atom is -0.456 e. The molecule has 1 aromatic heterocycles. The van der Waals surface area contributed by atoms with E-state index in [2.05, 4.69) is 182 Å². The van der Waals surface area contributed by atoms with Crippen LogP contribution in [0, 0.1) is 0 Å². The van der Waals surface area contributed by atoms with Gasteiger partial charge in [0.05, 0.1) is 0 Å². The highest BCUT2D eigenvalue weighted by molar-refractivity contribution is 6.21. The van der Waals surface area contributed by atoms with Crippen molar-refractivity contribution in [2.24, 2.45) is 0 Å². The molecule has 11 rings (SSSR count). The summed E-state index contributed by atoms with van der Waals surface area (Å²) in [6, 6.07) is 66.4. The van der Waals surface area contributed by atoms with E-state index < -0.39 is 0 Å². The largest absolute Gasteiger partial charge is 0.456 e. The summed E-state index contributed by atoms with van der Waals surface area (Å²) in [5, 5.41) is 14.9. The van der Waals surface area contributed by atoms with Gasteiger partial charge < -0.3 is 4.42 Å². The Morgan fingerprint density at radius 3 is 1.53 bits per heavy atom. The van der Waals surface area contributed by atoms with Gasteiger partial charge in [-0.1, -0.05) is 140 Å². The van der Waals surface area contributed by atoms with Crippen molar-refractivity contribution in [1.82, 2.24) is 0 Å². The fraction of sp³-hybridized carbons (Fsp3) is 0. The standard InChI is InChI=1S/C50H30O/c1-3-11-39-31(8-1)10-7-15-41(39)38-22-25-46-45-24-21-36(28-49(45)51-50(46)29-38)34-16-17-35-27-37(19-18-33(35)26-34)47-30-48-40-12-4-2-9-32(40)20-23-44(48)42-13-5-6-14-43(42)47/h1-30H. The van der Waals surface area contributed by atoms with Gasteiger partial charge in [0.15, 0.2) is 0 Å². The van der Waals surface area contributed by atoms with E-state index in [-0.39, 0.29) is 0 Å². The molecule has 1 heteroatoms. The van der Waals surface area contributed by atoms with Crippen LogP contribution >= 0.6 is 0 Å². The lowest BCUT2D eigenvalue weighted by Crippen LogP contribution is -1.87. The first kappa shape index (κ1) is 28.2. The van der Waals surface area contributed by atoms with E-state index in [0.717, 1.165) is 33.1 Å². The highest BCUT2D eigenvalue weighted by Gasteiger charge is 2.14. The van der Waals surface area contributed by atoms with E-state index in [1.54, 1.807) is 0 Å². The van der Waals surface area contributed by atoms with Crippen LogP contribution in [0.4, 0.5) is 0 Å². The number of furan rings is 1. The van der Waals surface area contributed by atoms with Crippen LogP contribution < -0.4 is 0 Å². The van der Waals surface area contributed by atoms with Crippen LogP contribution in [0.25, 0.3) is 109 Å². The van der Waals surface area contributed by atoms with Gasteiger partial charge in [0.2, 0.25) is 0 Å². The van der Waals surface area contributed by atoms with Crippen molar-refractivity contribution in [2.75, 3.05) is 0 Å². The van der Waals surface area contributed by atoms with Gasteiger partial charge in [-0.3, -0.25) is 0 Å². The van der Waals surface area contributed by atoms with Crippen molar-refractivity contribution in [3.8, 4) is 33.4 Å². The first-order valence-electron chi connectivity index (χ1n) is 17.6. The minimum atomic E-state index is 0.906. The lowest BCUT2D eigenvalue weighted by atomic mass is 9.90. The number of hydrogen-bond acceptors (Lipinski definition) is 1. The highest BCUT2D eigenvalue weighted by Crippen LogP contribution is 2.40. The third-order valence-corrected chi connectivity index (χ3v) is 10.8. The van der Waals surface area contributed by atoms with Crippen LogP contribution in [0.15, 0.2) is 186 Å². The molecule has 51 heavy (non-hydrogen) atoms. The van der Waals surface area contributed by atoms with Gasteiger partial charge in [-0.05, 0) is 130 Å². The van der Waals surface area contributed by atoms with Gasteiger partial charge in [0.25, 0.3) is 0 Å². The zero-order valence-corrected chi connectivity index (χ0v) is 27.7. The SMILES string of the molecule is c1ccc2c(-c3ccc4c(c3)oc3cc(-c5ccc6cc(-c7cc8c9ccccc9ccc8c8ccccc78)ccc6c5)ccc34)cccc2c1. The summed E-state index contributed by atoms with van der Waals surface area (Å²) in [5.41, 5.74) is 9.02. The second-order valence-electron chi connectivity index (χ2n) is 13.7. The summed E-state index contributed by atoms with van der Waals surface area (Å²) >= 11 is 0. The van der Waals surface area contributed by atoms with Gasteiger partial charge in [0, 0.05) is 10.8 Å².